The number of H-pyrrole nitrogens is 1. The molecule has 2 N–H and O–H groups in total. The van der Waals surface area contributed by atoms with Gasteiger partial charge in [0.2, 0.25) is 5.91 Å². The number of para-hydroxylation sites is 1. The maximum Gasteiger partial charge on any atom is 0.217 e. The van der Waals surface area contributed by atoms with E-state index < -0.39 is 0 Å². The van der Waals surface area contributed by atoms with Crippen molar-refractivity contribution in [3.63, 3.8) is 0 Å². The highest BCUT2D eigenvalue weighted by molar-refractivity contribution is 5.85. The summed E-state index contributed by atoms with van der Waals surface area (Å²) in [5, 5.41) is 4.33. The van der Waals surface area contributed by atoms with Crippen molar-refractivity contribution in [2.75, 3.05) is 0 Å². The number of carbonyl (C=O) groups excluding carboxylic acids is 1. The fourth-order valence-corrected chi connectivity index (χ4v) is 2.78. The van der Waals surface area contributed by atoms with E-state index in [0.717, 1.165) is 19.3 Å². The SMILES string of the molecule is CC(=O)N[C@H]1CCc2[nH]c3ccccc3c2C1. The highest BCUT2D eigenvalue weighted by atomic mass is 16.1. The van der Waals surface area contributed by atoms with Crippen LogP contribution < -0.4 is 5.32 Å². The molecule has 0 spiro atoms. The third-order valence-corrected chi connectivity index (χ3v) is 3.50. The van der Waals surface area contributed by atoms with E-state index in [9.17, 15) is 4.79 Å². The van der Waals surface area contributed by atoms with Crippen molar-refractivity contribution in [2.24, 2.45) is 0 Å². The summed E-state index contributed by atoms with van der Waals surface area (Å²) in [5.41, 5.74) is 3.93. The number of aromatic amines is 1. The van der Waals surface area contributed by atoms with Crippen molar-refractivity contribution in [3.05, 3.63) is 35.5 Å². The zero-order chi connectivity index (χ0) is 11.8. The van der Waals surface area contributed by atoms with Crippen molar-refractivity contribution in [3.8, 4) is 0 Å². The Morgan fingerprint density at radius 2 is 2.24 bits per heavy atom. The van der Waals surface area contributed by atoms with Gasteiger partial charge in [0.05, 0.1) is 0 Å². The summed E-state index contributed by atoms with van der Waals surface area (Å²) in [6.07, 6.45) is 2.99. The molecular formula is C14H16N2O. The van der Waals surface area contributed by atoms with Gasteiger partial charge in [0, 0.05) is 29.6 Å². The molecule has 2 aromatic rings. The molecule has 0 saturated heterocycles. The molecule has 0 saturated carbocycles. The van der Waals surface area contributed by atoms with Gasteiger partial charge in [-0.2, -0.15) is 0 Å². The van der Waals surface area contributed by atoms with Crippen LogP contribution >= 0.6 is 0 Å². The van der Waals surface area contributed by atoms with Crippen LogP contribution in [0.3, 0.4) is 0 Å². The van der Waals surface area contributed by atoms with E-state index in [0.29, 0.717) is 6.04 Å². The van der Waals surface area contributed by atoms with Crippen LogP contribution in [0.5, 0.6) is 0 Å². The summed E-state index contributed by atoms with van der Waals surface area (Å²) < 4.78 is 0. The molecule has 0 radical (unpaired) electrons. The highest BCUT2D eigenvalue weighted by Gasteiger charge is 2.22. The second-order valence-electron chi connectivity index (χ2n) is 4.77. The van der Waals surface area contributed by atoms with Gasteiger partial charge in [0.25, 0.3) is 0 Å². The normalized spacial score (nSPS) is 19.0. The molecule has 1 atom stereocenters. The summed E-state index contributed by atoms with van der Waals surface area (Å²) in [5.74, 6) is 0.0679. The number of nitrogens with one attached hydrogen (secondary N) is 2. The molecule has 3 nitrogen and oxygen atoms in total. The first-order chi connectivity index (χ1) is 8.24. The number of aryl methyl sites for hydroxylation is 1. The Morgan fingerprint density at radius 1 is 1.41 bits per heavy atom. The van der Waals surface area contributed by atoms with Crippen LogP contribution in [0.2, 0.25) is 0 Å². The van der Waals surface area contributed by atoms with Crippen LogP contribution in [0.4, 0.5) is 0 Å². The lowest BCUT2D eigenvalue weighted by atomic mass is 9.91. The fraction of sp³-hybridized carbons (Fsp3) is 0.357. The van der Waals surface area contributed by atoms with Gasteiger partial charge in [-0.1, -0.05) is 18.2 Å². The molecule has 0 bridgehead atoms. The monoisotopic (exact) mass is 228 g/mol. The Kier molecular flexibility index (Phi) is 2.39. The van der Waals surface area contributed by atoms with Gasteiger partial charge in [0.15, 0.2) is 0 Å². The number of benzene rings is 1. The lowest BCUT2D eigenvalue weighted by molar-refractivity contribution is -0.119. The smallest absolute Gasteiger partial charge is 0.217 e. The van der Waals surface area contributed by atoms with Crippen molar-refractivity contribution < 1.29 is 4.79 Å². The van der Waals surface area contributed by atoms with Crippen LogP contribution in [0.25, 0.3) is 10.9 Å². The van der Waals surface area contributed by atoms with E-state index in [4.69, 9.17) is 0 Å². The van der Waals surface area contributed by atoms with E-state index in [-0.39, 0.29) is 5.91 Å². The van der Waals surface area contributed by atoms with Gasteiger partial charge >= 0.3 is 0 Å². The molecule has 17 heavy (non-hydrogen) atoms. The van der Waals surface area contributed by atoms with E-state index in [1.807, 2.05) is 0 Å². The molecule has 0 fully saturated rings. The lowest BCUT2D eigenvalue weighted by Crippen LogP contribution is -2.37. The standard InChI is InChI=1S/C14H16N2O/c1-9(17)15-10-6-7-14-12(8-10)11-4-2-3-5-13(11)16-14/h2-5,10,16H,6-8H2,1H3,(H,15,17)/t10-/m0/s1. The molecule has 1 heterocycles. The largest absolute Gasteiger partial charge is 0.358 e. The Morgan fingerprint density at radius 3 is 3.06 bits per heavy atom. The molecule has 1 aromatic carbocycles. The molecular weight excluding hydrogens is 212 g/mol. The van der Waals surface area contributed by atoms with Gasteiger partial charge < -0.3 is 10.3 Å². The summed E-state index contributed by atoms with van der Waals surface area (Å²) in [4.78, 5) is 14.6. The molecule has 0 unspecified atom stereocenters. The second-order valence-corrected chi connectivity index (χ2v) is 4.77. The third-order valence-electron chi connectivity index (χ3n) is 3.50. The number of carbonyl (C=O) groups is 1. The Labute approximate surface area is 100 Å². The zero-order valence-corrected chi connectivity index (χ0v) is 9.92. The number of aromatic nitrogens is 1. The van der Waals surface area contributed by atoms with Crippen LogP contribution in [0.15, 0.2) is 24.3 Å². The van der Waals surface area contributed by atoms with Crippen molar-refractivity contribution in [2.45, 2.75) is 32.2 Å². The van der Waals surface area contributed by atoms with Gasteiger partial charge in [-0.25, -0.2) is 0 Å². The lowest BCUT2D eigenvalue weighted by Gasteiger charge is -2.22. The number of rotatable bonds is 1. The first-order valence-corrected chi connectivity index (χ1v) is 6.09. The molecule has 1 aliphatic carbocycles. The first kappa shape index (κ1) is 10.4. The van der Waals surface area contributed by atoms with Crippen LogP contribution in [0.1, 0.15) is 24.6 Å². The fourth-order valence-electron chi connectivity index (χ4n) is 2.78. The summed E-state index contributed by atoms with van der Waals surface area (Å²) in [6, 6.07) is 8.68. The maximum atomic E-state index is 11.1. The minimum absolute atomic E-state index is 0.0679. The molecule has 1 aliphatic rings. The predicted octanol–water partition coefficient (Wildman–Crippen LogP) is 2.16. The van der Waals surface area contributed by atoms with E-state index in [1.165, 1.54) is 22.2 Å². The topological polar surface area (TPSA) is 44.9 Å². The Hall–Kier alpha value is -1.77. The zero-order valence-electron chi connectivity index (χ0n) is 9.92. The van der Waals surface area contributed by atoms with Gasteiger partial charge in [-0.15, -0.1) is 0 Å². The van der Waals surface area contributed by atoms with E-state index in [2.05, 4.69) is 34.6 Å². The number of hydrogen-bond acceptors (Lipinski definition) is 1. The Balaban J connectivity index is 1.97. The van der Waals surface area contributed by atoms with Crippen molar-refractivity contribution in [1.82, 2.24) is 10.3 Å². The van der Waals surface area contributed by atoms with Crippen LogP contribution in [-0.4, -0.2) is 16.9 Å². The number of fused-ring (bicyclic) bond motifs is 3. The number of amides is 1. The minimum atomic E-state index is 0.0679. The predicted molar refractivity (Wildman–Crippen MR) is 67.9 cm³/mol. The average molecular weight is 228 g/mol. The quantitative estimate of drug-likeness (QED) is 0.772. The molecule has 3 heteroatoms. The van der Waals surface area contributed by atoms with E-state index in [1.54, 1.807) is 6.92 Å². The summed E-state index contributed by atoms with van der Waals surface area (Å²) >= 11 is 0. The molecule has 88 valence electrons. The summed E-state index contributed by atoms with van der Waals surface area (Å²) in [6.45, 7) is 1.59. The average Bonchev–Trinajstić information content (AvgIpc) is 2.66. The van der Waals surface area contributed by atoms with Crippen LogP contribution in [-0.2, 0) is 17.6 Å². The van der Waals surface area contributed by atoms with Crippen molar-refractivity contribution >= 4 is 16.8 Å². The van der Waals surface area contributed by atoms with Gasteiger partial charge in [-0.3, -0.25) is 4.79 Å². The van der Waals surface area contributed by atoms with Crippen LogP contribution in [0, 0.1) is 0 Å². The molecule has 0 aliphatic heterocycles. The van der Waals surface area contributed by atoms with Gasteiger partial charge in [0.1, 0.15) is 0 Å². The molecule has 1 amide bonds. The Bertz CT molecular complexity index is 571. The molecule has 3 rings (SSSR count). The second kappa shape index (κ2) is 3.91. The summed E-state index contributed by atoms with van der Waals surface area (Å²) in [7, 11) is 0. The maximum absolute atomic E-state index is 11.1. The molecule has 1 aromatic heterocycles. The van der Waals surface area contributed by atoms with Crippen molar-refractivity contribution in [1.29, 1.82) is 0 Å². The minimum Gasteiger partial charge on any atom is -0.358 e. The third kappa shape index (κ3) is 1.82. The number of hydrogen-bond donors (Lipinski definition) is 2. The van der Waals surface area contributed by atoms with E-state index >= 15 is 0 Å². The first-order valence-electron chi connectivity index (χ1n) is 6.09. The van der Waals surface area contributed by atoms with Gasteiger partial charge in [-0.05, 0) is 30.9 Å². The highest BCUT2D eigenvalue weighted by Crippen LogP contribution is 2.28.